The van der Waals surface area contributed by atoms with Gasteiger partial charge >= 0.3 is 5.97 Å². The van der Waals surface area contributed by atoms with Crippen molar-refractivity contribution in [2.75, 3.05) is 6.61 Å². The Morgan fingerprint density at radius 3 is 2.44 bits per heavy atom. The van der Waals surface area contributed by atoms with Crippen molar-refractivity contribution >= 4 is 5.97 Å². The van der Waals surface area contributed by atoms with Crippen LogP contribution in [0.2, 0.25) is 0 Å². The molecule has 0 aromatic carbocycles. The molecule has 2 bridgehead atoms. The number of hydrogen-bond donors (Lipinski definition) is 3. The van der Waals surface area contributed by atoms with E-state index in [1.807, 2.05) is 6.08 Å². The summed E-state index contributed by atoms with van der Waals surface area (Å²) in [4.78, 5) is 11.9. The Labute approximate surface area is 161 Å². The summed E-state index contributed by atoms with van der Waals surface area (Å²) in [6.45, 7) is 7.94. The van der Waals surface area contributed by atoms with E-state index in [9.17, 15) is 20.1 Å². The molecule has 4 rings (SSSR count). The Morgan fingerprint density at radius 1 is 1.11 bits per heavy atom. The quantitative estimate of drug-likeness (QED) is 0.507. The Balaban J connectivity index is 1.83. The van der Waals surface area contributed by atoms with E-state index < -0.39 is 11.5 Å². The average molecular weight is 379 g/mol. The molecule has 0 unspecified atom stereocenters. The summed E-state index contributed by atoms with van der Waals surface area (Å²) in [6, 6.07) is 0. The molecule has 3 fully saturated rings. The minimum absolute atomic E-state index is 0.0450. The lowest BCUT2D eigenvalue weighted by Gasteiger charge is -2.67. The molecule has 1 spiro atoms. The Morgan fingerprint density at radius 2 is 1.81 bits per heavy atom. The second-order valence-corrected chi connectivity index (χ2v) is 10.6. The lowest BCUT2D eigenvalue weighted by molar-refractivity contribution is -0.236. The molecule has 152 valence electrons. The van der Waals surface area contributed by atoms with Gasteiger partial charge in [0.25, 0.3) is 0 Å². The van der Waals surface area contributed by atoms with Crippen molar-refractivity contribution < 1.29 is 24.9 Å². The van der Waals surface area contributed by atoms with Gasteiger partial charge in [-0.05, 0) is 54.8 Å². The average Bonchev–Trinajstić information content (AvgIpc) is 2.94. The number of hydrogen-bond acceptors (Lipinski definition) is 5. The minimum atomic E-state index is -0.623. The normalized spacial score (nSPS) is 52.8. The first-order valence-electron chi connectivity index (χ1n) is 10.4. The molecule has 4 aliphatic rings. The summed E-state index contributed by atoms with van der Waals surface area (Å²) >= 11 is 0. The number of ether oxygens (including phenoxy) is 1. The summed E-state index contributed by atoms with van der Waals surface area (Å²) in [6.07, 6.45) is 6.52. The molecular formula is C22H34O5. The Bertz CT molecular complexity index is 672. The van der Waals surface area contributed by atoms with E-state index in [0.717, 1.165) is 19.3 Å². The number of aliphatic hydroxyl groups is 3. The van der Waals surface area contributed by atoms with Crippen molar-refractivity contribution in [2.45, 2.75) is 78.1 Å². The highest BCUT2D eigenvalue weighted by atomic mass is 16.5. The Hall–Kier alpha value is -0.910. The van der Waals surface area contributed by atoms with E-state index in [0.29, 0.717) is 12.8 Å². The van der Waals surface area contributed by atoms with E-state index in [1.165, 1.54) is 6.92 Å². The fraction of sp³-hybridized carbons (Fsp3) is 0.864. The number of carbonyl (C=O) groups excluding carboxylic acids is 1. The zero-order valence-electron chi connectivity index (χ0n) is 16.9. The maximum atomic E-state index is 11.9. The first kappa shape index (κ1) is 19.4. The third kappa shape index (κ3) is 2.37. The molecule has 5 nitrogen and oxygen atoms in total. The van der Waals surface area contributed by atoms with Gasteiger partial charge in [0.1, 0.15) is 6.10 Å². The van der Waals surface area contributed by atoms with Crippen molar-refractivity contribution in [3.05, 3.63) is 12.2 Å². The van der Waals surface area contributed by atoms with Gasteiger partial charge in [0, 0.05) is 17.8 Å². The highest BCUT2D eigenvalue weighted by molar-refractivity contribution is 5.66. The molecule has 27 heavy (non-hydrogen) atoms. The van der Waals surface area contributed by atoms with E-state index in [1.54, 1.807) is 0 Å². The molecular weight excluding hydrogens is 344 g/mol. The molecule has 4 aliphatic carbocycles. The number of aliphatic hydroxyl groups excluding tert-OH is 3. The zero-order chi connectivity index (χ0) is 19.8. The van der Waals surface area contributed by atoms with Crippen LogP contribution in [0, 0.1) is 33.5 Å². The van der Waals surface area contributed by atoms with E-state index in [-0.39, 0.29) is 52.9 Å². The van der Waals surface area contributed by atoms with Gasteiger partial charge in [-0.1, -0.05) is 32.9 Å². The molecule has 3 saturated carbocycles. The van der Waals surface area contributed by atoms with Gasteiger partial charge in [-0.25, -0.2) is 0 Å². The van der Waals surface area contributed by atoms with Crippen molar-refractivity contribution in [1.29, 1.82) is 0 Å². The SMILES string of the molecule is CC(=O)O[C@H]1C[C@@H]2C(C)(C)[C@H](O)CC[C@@]2(C)[C@@H]2C[C@@H](O)[C@]3(CO)C=C[C@]12C3. The van der Waals surface area contributed by atoms with Gasteiger partial charge in [0.15, 0.2) is 0 Å². The molecule has 8 atom stereocenters. The van der Waals surface area contributed by atoms with Crippen molar-refractivity contribution in [3.8, 4) is 0 Å². The number of fused-ring (bicyclic) bond motifs is 3. The van der Waals surface area contributed by atoms with Crippen LogP contribution in [0.1, 0.15) is 59.8 Å². The van der Waals surface area contributed by atoms with Crippen LogP contribution in [0.4, 0.5) is 0 Å². The number of carbonyl (C=O) groups is 1. The molecule has 0 aromatic heterocycles. The minimum Gasteiger partial charge on any atom is -0.462 e. The molecule has 5 heteroatoms. The van der Waals surface area contributed by atoms with Gasteiger partial charge in [-0.3, -0.25) is 4.79 Å². The standard InChI is InChI=1S/C22H34O5/c1-13(24)27-18-10-14-19(2,3)16(25)5-6-20(14,4)15-9-17(26)21(12-23)7-8-22(15,18)11-21/h7-8,14-18,23,25-26H,5-6,9-12H2,1-4H3/t14-,15+,16-,17-,18+,20-,21-,22-/m1/s1. The molecule has 0 aliphatic heterocycles. The van der Waals surface area contributed by atoms with Gasteiger partial charge in [-0.15, -0.1) is 0 Å². The van der Waals surface area contributed by atoms with Crippen LogP contribution in [0.5, 0.6) is 0 Å². The zero-order valence-corrected chi connectivity index (χ0v) is 16.9. The topological polar surface area (TPSA) is 87.0 Å². The smallest absolute Gasteiger partial charge is 0.302 e. The maximum Gasteiger partial charge on any atom is 0.302 e. The molecule has 0 saturated heterocycles. The van der Waals surface area contributed by atoms with Crippen LogP contribution in [-0.2, 0) is 9.53 Å². The third-order valence-corrected chi connectivity index (χ3v) is 9.09. The molecule has 0 aromatic rings. The second-order valence-electron chi connectivity index (χ2n) is 10.6. The van der Waals surface area contributed by atoms with Crippen LogP contribution < -0.4 is 0 Å². The van der Waals surface area contributed by atoms with Gasteiger partial charge < -0.3 is 20.1 Å². The van der Waals surface area contributed by atoms with E-state index in [4.69, 9.17) is 4.74 Å². The largest absolute Gasteiger partial charge is 0.462 e. The summed E-state index contributed by atoms with van der Waals surface area (Å²) in [7, 11) is 0. The monoisotopic (exact) mass is 378 g/mol. The summed E-state index contributed by atoms with van der Waals surface area (Å²) in [5.41, 5.74) is -1.28. The predicted octanol–water partition coefficient (Wildman–Crippen LogP) is 2.43. The lowest BCUT2D eigenvalue weighted by atomic mass is 9.39. The molecule has 0 heterocycles. The van der Waals surface area contributed by atoms with Crippen molar-refractivity contribution in [3.63, 3.8) is 0 Å². The highest BCUT2D eigenvalue weighted by Gasteiger charge is 2.70. The van der Waals surface area contributed by atoms with Crippen LogP contribution in [-0.4, -0.2) is 46.2 Å². The second kappa shape index (κ2) is 5.80. The van der Waals surface area contributed by atoms with Crippen LogP contribution >= 0.6 is 0 Å². The molecule has 0 amide bonds. The highest BCUT2D eigenvalue weighted by Crippen LogP contribution is 2.72. The summed E-state index contributed by atoms with van der Waals surface area (Å²) < 4.78 is 5.89. The van der Waals surface area contributed by atoms with Gasteiger partial charge in [0.05, 0.1) is 18.8 Å². The van der Waals surface area contributed by atoms with Crippen molar-refractivity contribution in [2.24, 2.45) is 33.5 Å². The van der Waals surface area contributed by atoms with Crippen LogP contribution in [0.3, 0.4) is 0 Å². The predicted molar refractivity (Wildman–Crippen MR) is 101 cm³/mol. The van der Waals surface area contributed by atoms with E-state index in [2.05, 4.69) is 26.8 Å². The maximum absolute atomic E-state index is 11.9. The Kier molecular flexibility index (Phi) is 4.17. The summed E-state index contributed by atoms with van der Waals surface area (Å²) in [5, 5.41) is 31.7. The fourth-order valence-electron chi connectivity index (χ4n) is 7.56. The fourth-order valence-corrected chi connectivity index (χ4v) is 7.56. The van der Waals surface area contributed by atoms with Gasteiger partial charge in [0.2, 0.25) is 0 Å². The van der Waals surface area contributed by atoms with Crippen LogP contribution in [0.25, 0.3) is 0 Å². The van der Waals surface area contributed by atoms with Crippen molar-refractivity contribution in [1.82, 2.24) is 0 Å². The lowest BCUT2D eigenvalue weighted by Crippen LogP contribution is -2.66. The molecule has 0 radical (unpaired) electrons. The number of esters is 1. The van der Waals surface area contributed by atoms with Gasteiger partial charge in [-0.2, -0.15) is 0 Å². The number of rotatable bonds is 2. The first-order valence-corrected chi connectivity index (χ1v) is 10.4. The molecule has 3 N–H and O–H groups in total. The first-order chi connectivity index (χ1) is 12.5. The summed E-state index contributed by atoms with van der Waals surface area (Å²) in [5.74, 6) is 0.0803. The third-order valence-electron chi connectivity index (χ3n) is 9.09. The van der Waals surface area contributed by atoms with E-state index >= 15 is 0 Å². The van der Waals surface area contributed by atoms with Crippen LogP contribution in [0.15, 0.2) is 12.2 Å².